The summed E-state index contributed by atoms with van der Waals surface area (Å²) >= 11 is 1.70. The van der Waals surface area contributed by atoms with E-state index in [0.717, 1.165) is 25.9 Å². The molecule has 0 aromatic carbocycles. The second kappa shape index (κ2) is 5.28. The van der Waals surface area contributed by atoms with Crippen LogP contribution in [0.5, 0.6) is 0 Å². The molecule has 1 aliphatic rings. The molecule has 20 heavy (non-hydrogen) atoms. The first-order valence-corrected chi connectivity index (χ1v) is 7.51. The molecule has 1 fully saturated rings. The average molecular weight is 288 g/mol. The molecule has 1 saturated heterocycles. The number of likely N-dealkylation sites (tertiary alicyclic amines) is 1. The van der Waals surface area contributed by atoms with Gasteiger partial charge in [0.15, 0.2) is 0 Å². The minimum absolute atomic E-state index is 0.0202. The van der Waals surface area contributed by atoms with Gasteiger partial charge in [0.05, 0.1) is 10.6 Å². The van der Waals surface area contributed by atoms with E-state index in [4.69, 9.17) is 0 Å². The minimum Gasteiger partial charge on any atom is -0.338 e. The highest BCUT2D eigenvalue weighted by molar-refractivity contribution is 7.09. The van der Waals surface area contributed by atoms with Crippen LogP contribution in [-0.4, -0.2) is 38.8 Å². The van der Waals surface area contributed by atoms with Crippen LogP contribution in [0.2, 0.25) is 0 Å². The van der Waals surface area contributed by atoms with Crippen LogP contribution in [0.4, 0.5) is 0 Å². The first kappa shape index (κ1) is 13.2. The summed E-state index contributed by atoms with van der Waals surface area (Å²) in [5.74, 6) is 0.0202. The molecule has 3 rings (SSSR count). The summed E-state index contributed by atoms with van der Waals surface area (Å²) in [7, 11) is 0. The van der Waals surface area contributed by atoms with Gasteiger partial charge in [0.25, 0.3) is 5.91 Å². The predicted molar refractivity (Wildman–Crippen MR) is 76.6 cm³/mol. The molecule has 0 atom stereocenters. The Hall–Kier alpha value is -1.82. The summed E-state index contributed by atoms with van der Waals surface area (Å²) in [5, 5.41) is 3.19. The smallest absolute Gasteiger partial charge is 0.256 e. The third-order valence-electron chi connectivity index (χ3n) is 3.91. The van der Waals surface area contributed by atoms with Gasteiger partial charge >= 0.3 is 0 Å². The van der Waals surface area contributed by atoms with E-state index in [0.29, 0.717) is 5.56 Å². The van der Waals surface area contributed by atoms with E-state index in [1.807, 2.05) is 16.5 Å². The first-order valence-electron chi connectivity index (χ1n) is 6.63. The molecule has 0 unspecified atom stereocenters. The lowest BCUT2D eigenvalue weighted by Crippen LogP contribution is -2.43. The lowest BCUT2D eigenvalue weighted by molar-refractivity contribution is 0.0675. The van der Waals surface area contributed by atoms with Crippen molar-refractivity contribution < 1.29 is 4.79 Å². The maximum Gasteiger partial charge on any atom is 0.256 e. The number of nitrogens with zero attached hydrogens (tertiary/aromatic N) is 4. The normalized spacial score (nSPS) is 17.9. The van der Waals surface area contributed by atoms with Crippen molar-refractivity contribution in [2.24, 2.45) is 0 Å². The highest BCUT2D eigenvalue weighted by atomic mass is 32.1. The second-order valence-corrected chi connectivity index (χ2v) is 6.21. The zero-order chi connectivity index (χ0) is 14.0. The van der Waals surface area contributed by atoms with E-state index in [1.54, 1.807) is 23.7 Å². The second-order valence-electron chi connectivity index (χ2n) is 5.32. The van der Waals surface area contributed by atoms with Crippen molar-refractivity contribution in [2.75, 3.05) is 13.1 Å². The molecule has 0 saturated carbocycles. The van der Waals surface area contributed by atoms with Gasteiger partial charge in [0.1, 0.15) is 6.33 Å². The molecule has 2 aromatic heterocycles. The van der Waals surface area contributed by atoms with Gasteiger partial charge in [0.2, 0.25) is 0 Å². The molecule has 0 spiro atoms. The van der Waals surface area contributed by atoms with E-state index in [2.05, 4.69) is 21.9 Å². The maximum absolute atomic E-state index is 12.3. The Morgan fingerprint density at radius 3 is 2.60 bits per heavy atom. The molecule has 1 amide bonds. The van der Waals surface area contributed by atoms with Crippen LogP contribution in [0, 0.1) is 0 Å². The quantitative estimate of drug-likeness (QED) is 0.849. The zero-order valence-electron chi connectivity index (χ0n) is 11.3. The number of piperidine rings is 1. The van der Waals surface area contributed by atoms with E-state index in [1.165, 1.54) is 11.3 Å². The van der Waals surface area contributed by atoms with Gasteiger partial charge in [-0.15, -0.1) is 11.3 Å². The number of hydrogen-bond acceptors (Lipinski definition) is 5. The van der Waals surface area contributed by atoms with Crippen LogP contribution >= 0.6 is 11.3 Å². The van der Waals surface area contributed by atoms with Gasteiger partial charge in [-0.25, -0.2) is 15.0 Å². The van der Waals surface area contributed by atoms with Crippen LogP contribution in [-0.2, 0) is 5.41 Å². The SMILES string of the molecule is CC1(c2nccs2)CCN(C(=O)c2cncnc2)CC1. The number of carbonyl (C=O) groups is 1. The van der Waals surface area contributed by atoms with Crippen molar-refractivity contribution in [3.05, 3.63) is 40.9 Å². The van der Waals surface area contributed by atoms with Crippen molar-refractivity contribution in [1.29, 1.82) is 0 Å². The van der Waals surface area contributed by atoms with Crippen molar-refractivity contribution in [3.8, 4) is 0 Å². The molecule has 6 heteroatoms. The van der Waals surface area contributed by atoms with E-state index < -0.39 is 0 Å². The van der Waals surface area contributed by atoms with Gasteiger partial charge in [0, 0.05) is 42.5 Å². The molecule has 2 aromatic rings. The van der Waals surface area contributed by atoms with Gasteiger partial charge in [-0.1, -0.05) is 6.92 Å². The number of thiazole rings is 1. The molecular formula is C14H16N4OS. The fourth-order valence-electron chi connectivity index (χ4n) is 2.53. The maximum atomic E-state index is 12.3. The lowest BCUT2D eigenvalue weighted by atomic mass is 9.81. The van der Waals surface area contributed by atoms with Crippen LogP contribution in [0.3, 0.4) is 0 Å². The average Bonchev–Trinajstić information content (AvgIpc) is 3.03. The molecule has 104 valence electrons. The van der Waals surface area contributed by atoms with E-state index >= 15 is 0 Å². The van der Waals surface area contributed by atoms with Crippen LogP contribution in [0.25, 0.3) is 0 Å². The van der Waals surface area contributed by atoms with Gasteiger partial charge in [-0.3, -0.25) is 4.79 Å². The highest BCUT2D eigenvalue weighted by Crippen LogP contribution is 2.36. The Bertz CT molecular complexity index is 576. The fraction of sp³-hybridized carbons (Fsp3) is 0.429. The number of carbonyl (C=O) groups excluding carboxylic acids is 1. The lowest BCUT2D eigenvalue weighted by Gasteiger charge is -2.38. The summed E-state index contributed by atoms with van der Waals surface area (Å²) < 4.78 is 0. The van der Waals surface area contributed by atoms with Crippen LogP contribution in [0.15, 0.2) is 30.3 Å². The Morgan fingerprint density at radius 1 is 1.30 bits per heavy atom. The monoisotopic (exact) mass is 288 g/mol. The van der Waals surface area contributed by atoms with Crippen LogP contribution in [0.1, 0.15) is 35.1 Å². The predicted octanol–water partition coefficient (Wildman–Crippen LogP) is 2.13. The molecular weight excluding hydrogens is 272 g/mol. The Balaban J connectivity index is 1.69. The van der Waals surface area contributed by atoms with Gasteiger partial charge < -0.3 is 4.90 Å². The molecule has 3 heterocycles. The molecule has 0 N–H and O–H groups in total. The number of amides is 1. The number of hydrogen-bond donors (Lipinski definition) is 0. The number of aromatic nitrogens is 3. The zero-order valence-corrected chi connectivity index (χ0v) is 12.1. The Morgan fingerprint density at radius 2 is 2.00 bits per heavy atom. The van der Waals surface area contributed by atoms with E-state index in [9.17, 15) is 4.79 Å². The van der Waals surface area contributed by atoms with Crippen molar-refractivity contribution in [1.82, 2.24) is 19.9 Å². The third-order valence-corrected chi connectivity index (χ3v) is 4.99. The largest absolute Gasteiger partial charge is 0.338 e. The molecule has 0 radical (unpaired) electrons. The van der Waals surface area contributed by atoms with Crippen LogP contribution < -0.4 is 0 Å². The minimum atomic E-state index is 0.0202. The summed E-state index contributed by atoms with van der Waals surface area (Å²) in [5.41, 5.74) is 0.656. The Labute approximate surface area is 121 Å². The summed E-state index contributed by atoms with van der Waals surface area (Å²) in [6.07, 6.45) is 8.32. The molecule has 1 aliphatic heterocycles. The topological polar surface area (TPSA) is 59.0 Å². The summed E-state index contributed by atoms with van der Waals surface area (Å²) in [6, 6.07) is 0. The van der Waals surface area contributed by atoms with Crippen molar-refractivity contribution >= 4 is 17.2 Å². The fourth-order valence-corrected chi connectivity index (χ4v) is 3.39. The molecule has 5 nitrogen and oxygen atoms in total. The van der Waals surface area contributed by atoms with E-state index in [-0.39, 0.29) is 11.3 Å². The summed E-state index contributed by atoms with van der Waals surface area (Å²) in [4.78, 5) is 26.5. The van der Waals surface area contributed by atoms with Gasteiger partial charge in [-0.05, 0) is 12.8 Å². The molecule has 0 aliphatic carbocycles. The van der Waals surface area contributed by atoms with Crippen molar-refractivity contribution in [2.45, 2.75) is 25.2 Å². The van der Waals surface area contributed by atoms with Gasteiger partial charge in [-0.2, -0.15) is 0 Å². The highest BCUT2D eigenvalue weighted by Gasteiger charge is 2.35. The first-order chi connectivity index (χ1) is 9.69. The third kappa shape index (κ3) is 2.43. The summed E-state index contributed by atoms with van der Waals surface area (Å²) in [6.45, 7) is 3.74. The van der Waals surface area contributed by atoms with Crippen molar-refractivity contribution in [3.63, 3.8) is 0 Å². The Kier molecular flexibility index (Phi) is 3.48. The standard InChI is InChI=1S/C14H16N4OS/c1-14(13-17-4-7-20-13)2-5-18(6-3-14)12(19)11-8-15-10-16-9-11/h4,7-10H,2-3,5-6H2,1H3. The molecule has 0 bridgehead atoms. The number of rotatable bonds is 2.